The first kappa shape index (κ1) is 14.5. The Morgan fingerprint density at radius 2 is 1.95 bits per heavy atom. The highest BCUT2D eigenvalue weighted by atomic mass is 16.5. The minimum Gasteiger partial charge on any atom is -0.481 e. The van der Waals surface area contributed by atoms with E-state index in [0.29, 0.717) is 11.9 Å². The lowest BCUT2D eigenvalue weighted by Gasteiger charge is -2.15. The number of nitrogens with one attached hydrogen (secondary N) is 1. The minimum absolute atomic E-state index is 0.407. The van der Waals surface area contributed by atoms with Crippen LogP contribution in [-0.4, -0.2) is 18.1 Å². The Morgan fingerprint density at radius 3 is 2.70 bits per heavy atom. The first-order valence-corrected chi connectivity index (χ1v) is 6.97. The van der Waals surface area contributed by atoms with Gasteiger partial charge in [-0.2, -0.15) is 0 Å². The second-order valence-corrected chi connectivity index (χ2v) is 5.08. The van der Waals surface area contributed by atoms with E-state index in [9.17, 15) is 0 Å². The number of hydrogen-bond donors (Lipinski definition) is 1. The van der Waals surface area contributed by atoms with Gasteiger partial charge in [-0.3, -0.25) is 0 Å². The molecule has 0 aliphatic heterocycles. The normalized spacial score (nSPS) is 12.2. The molecule has 0 amide bonds. The first-order valence-electron chi connectivity index (χ1n) is 6.97. The molecule has 0 aliphatic carbocycles. The van der Waals surface area contributed by atoms with Crippen molar-refractivity contribution in [3.8, 4) is 5.88 Å². The number of ether oxygens (including phenoxy) is 1. The summed E-state index contributed by atoms with van der Waals surface area (Å²) >= 11 is 0. The van der Waals surface area contributed by atoms with Crippen molar-refractivity contribution in [2.45, 2.75) is 32.9 Å². The van der Waals surface area contributed by atoms with Crippen LogP contribution in [-0.2, 0) is 13.0 Å². The van der Waals surface area contributed by atoms with E-state index < -0.39 is 0 Å². The van der Waals surface area contributed by atoms with Crippen LogP contribution in [0.4, 0.5) is 0 Å². The van der Waals surface area contributed by atoms with Crippen LogP contribution in [0.15, 0.2) is 42.5 Å². The van der Waals surface area contributed by atoms with Crippen molar-refractivity contribution in [3.63, 3.8) is 0 Å². The average molecular weight is 270 g/mol. The Labute approximate surface area is 121 Å². The highest BCUT2D eigenvalue weighted by molar-refractivity contribution is 5.26. The lowest BCUT2D eigenvalue weighted by atomic mass is 10.0. The van der Waals surface area contributed by atoms with Gasteiger partial charge in [0.1, 0.15) is 0 Å². The zero-order valence-electron chi connectivity index (χ0n) is 12.4. The molecule has 1 unspecified atom stereocenters. The summed E-state index contributed by atoms with van der Waals surface area (Å²) in [5.74, 6) is 0.663. The fourth-order valence-corrected chi connectivity index (χ4v) is 2.19. The van der Waals surface area contributed by atoms with Crippen LogP contribution in [0.1, 0.15) is 23.7 Å². The van der Waals surface area contributed by atoms with Gasteiger partial charge < -0.3 is 10.1 Å². The summed E-state index contributed by atoms with van der Waals surface area (Å²) in [7, 11) is 1.64. The van der Waals surface area contributed by atoms with Crippen LogP contribution < -0.4 is 10.1 Å². The van der Waals surface area contributed by atoms with Crippen LogP contribution in [0.3, 0.4) is 0 Å². The van der Waals surface area contributed by atoms with E-state index in [-0.39, 0.29) is 0 Å². The number of nitrogens with zero attached hydrogens (tertiary/aromatic N) is 1. The second kappa shape index (κ2) is 7.06. The summed E-state index contributed by atoms with van der Waals surface area (Å²) in [4.78, 5) is 4.40. The van der Waals surface area contributed by atoms with E-state index in [1.54, 1.807) is 7.11 Å². The summed E-state index contributed by atoms with van der Waals surface area (Å²) in [6.07, 6.45) is 1.02. The smallest absolute Gasteiger partial charge is 0.213 e. The quantitative estimate of drug-likeness (QED) is 0.875. The number of methoxy groups -OCH3 is 1. The number of pyridine rings is 1. The molecule has 1 aromatic carbocycles. The lowest BCUT2D eigenvalue weighted by Crippen LogP contribution is -2.28. The van der Waals surface area contributed by atoms with Crippen molar-refractivity contribution in [2.24, 2.45) is 0 Å². The second-order valence-electron chi connectivity index (χ2n) is 5.08. The molecule has 1 atom stereocenters. The Hall–Kier alpha value is -1.87. The molecule has 0 saturated heterocycles. The maximum atomic E-state index is 5.13. The van der Waals surface area contributed by atoms with E-state index in [0.717, 1.165) is 18.7 Å². The number of rotatable bonds is 6. The van der Waals surface area contributed by atoms with Gasteiger partial charge in [0.25, 0.3) is 0 Å². The zero-order valence-corrected chi connectivity index (χ0v) is 12.4. The van der Waals surface area contributed by atoms with Gasteiger partial charge in [0.15, 0.2) is 0 Å². The minimum atomic E-state index is 0.407. The Kier molecular flexibility index (Phi) is 5.13. The molecule has 1 heterocycles. The summed E-state index contributed by atoms with van der Waals surface area (Å²) in [5.41, 5.74) is 3.74. The van der Waals surface area contributed by atoms with Crippen LogP contribution >= 0.6 is 0 Å². The molecule has 1 aromatic heterocycles. The van der Waals surface area contributed by atoms with Crippen molar-refractivity contribution < 1.29 is 4.74 Å². The molecule has 0 fully saturated rings. The van der Waals surface area contributed by atoms with E-state index >= 15 is 0 Å². The van der Waals surface area contributed by atoms with Crippen LogP contribution in [0.25, 0.3) is 0 Å². The molecule has 2 rings (SSSR count). The third kappa shape index (κ3) is 4.07. The maximum Gasteiger partial charge on any atom is 0.213 e. The Bertz CT molecular complexity index is 554. The summed E-state index contributed by atoms with van der Waals surface area (Å²) in [6, 6.07) is 14.8. The summed E-state index contributed by atoms with van der Waals surface area (Å²) in [5, 5.41) is 3.51. The Morgan fingerprint density at radius 1 is 1.15 bits per heavy atom. The van der Waals surface area contributed by atoms with Crippen molar-refractivity contribution in [1.29, 1.82) is 0 Å². The van der Waals surface area contributed by atoms with Crippen LogP contribution in [0, 0.1) is 6.92 Å². The fraction of sp³-hybridized carbons (Fsp3) is 0.353. The van der Waals surface area contributed by atoms with E-state index in [1.807, 2.05) is 18.2 Å². The van der Waals surface area contributed by atoms with Crippen molar-refractivity contribution >= 4 is 0 Å². The molecule has 1 N–H and O–H groups in total. The van der Waals surface area contributed by atoms with Gasteiger partial charge in [0.05, 0.1) is 12.8 Å². The van der Waals surface area contributed by atoms with Crippen molar-refractivity contribution in [1.82, 2.24) is 10.3 Å². The number of benzene rings is 1. The lowest BCUT2D eigenvalue weighted by molar-refractivity contribution is 0.395. The average Bonchev–Trinajstić information content (AvgIpc) is 2.48. The molecular formula is C17H22N2O. The molecule has 0 saturated carbocycles. The number of hydrogen-bond acceptors (Lipinski definition) is 3. The topological polar surface area (TPSA) is 34.1 Å². The first-order chi connectivity index (χ1) is 9.69. The molecule has 0 aliphatic rings. The summed E-state index contributed by atoms with van der Waals surface area (Å²) < 4.78 is 5.13. The molecule has 0 spiro atoms. The van der Waals surface area contributed by atoms with E-state index in [4.69, 9.17) is 4.74 Å². The van der Waals surface area contributed by atoms with Crippen molar-refractivity contribution in [3.05, 3.63) is 59.3 Å². The molecule has 3 nitrogen and oxygen atoms in total. The van der Waals surface area contributed by atoms with Gasteiger partial charge in [-0.1, -0.05) is 30.3 Å². The predicted molar refractivity (Wildman–Crippen MR) is 82.0 cm³/mol. The van der Waals surface area contributed by atoms with E-state index in [1.165, 1.54) is 11.1 Å². The molecule has 106 valence electrons. The van der Waals surface area contributed by atoms with Gasteiger partial charge >= 0.3 is 0 Å². The van der Waals surface area contributed by atoms with Crippen LogP contribution in [0.5, 0.6) is 5.88 Å². The molecule has 3 heteroatoms. The maximum absolute atomic E-state index is 5.13. The zero-order chi connectivity index (χ0) is 14.4. The SMILES string of the molecule is COc1cccc(CNC(C)Cc2ccccc2C)n1. The molecule has 0 radical (unpaired) electrons. The molecule has 20 heavy (non-hydrogen) atoms. The van der Waals surface area contributed by atoms with Gasteiger partial charge in [-0.25, -0.2) is 4.98 Å². The molecule has 0 bridgehead atoms. The third-order valence-electron chi connectivity index (χ3n) is 3.41. The number of aromatic nitrogens is 1. The van der Waals surface area contributed by atoms with Gasteiger partial charge in [0.2, 0.25) is 5.88 Å². The van der Waals surface area contributed by atoms with Crippen LogP contribution in [0.2, 0.25) is 0 Å². The predicted octanol–water partition coefficient (Wildman–Crippen LogP) is 3.12. The van der Waals surface area contributed by atoms with E-state index in [2.05, 4.69) is 48.4 Å². The Balaban J connectivity index is 1.89. The van der Waals surface area contributed by atoms with Gasteiger partial charge in [-0.05, 0) is 37.5 Å². The highest BCUT2D eigenvalue weighted by Gasteiger charge is 2.06. The van der Waals surface area contributed by atoms with Gasteiger partial charge in [0, 0.05) is 18.7 Å². The standard InChI is InChI=1S/C17H22N2O/c1-13-7-4-5-8-15(13)11-14(2)18-12-16-9-6-10-17(19-16)20-3/h4-10,14,18H,11-12H2,1-3H3. The largest absolute Gasteiger partial charge is 0.481 e. The third-order valence-corrected chi connectivity index (χ3v) is 3.41. The number of aryl methyl sites for hydroxylation is 1. The molecular weight excluding hydrogens is 248 g/mol. The highest BCUT2D eigenvalue weighted by Crippen LogP contribution is 2.10. The van der Waals surface area contributed by atoms with Crippen molar-refractivity contribution in [2.75, 3.05) is 7.11 Å². The van der Waals surface area contributed by atoms with Gasteiger partial charge in [-0.15, -0.1) is 0 Å². The molecule has 2 aromatic rings. The monoisotopic (exact) mass is 270 g/mol. The summed E-state index contributed by atoms with van der Waals surface area (Å²) in [6.45, 7) is 5.11. The fourth-order valence-electron chi connectivity index (χ4n) is 2.19.